The third-order valence-corrected chi connectivity index (χ3v) is 6.58. The molecule has 11 heteroatoms. The van der Waals surface area contributed by atoms with Crippen LogP contribution in [0, 0.1) is 12.8 Å². The molecule has 1 aromatic carbocycles. The molecule has 1 saturated carbocycles. The van der Waals surface area contributed by atoms with Crippen LogP contribution in [-0.4, -0.2) is 45.3 Å². The number of aryl methyl sites for hydroxylation is 1. The number of halogens is 1. The fourth-order valence-corrected chi connectivity index (χ4v) is 4.83. The molecule has 1 fully saturated rings. The molecule has 0 amide bonds. The van der Waals surface area contributed by atoms with Gasteiger partial charge in [-0.05, 0) is 49.1 Å². The fourth-order valence-electron chi connectivity index (χ4n) is 4.18. The van der Waals surface area contributed by atoms with Crippen molar-refractivity contribution >= 4 is 38.8 Å². The van der Waals surface area contributed by atoms with E-state index in [1.165, 1.54) is 6.33 Å². The van der Waals surface area contributed by atoms with Gasteiger partial charge in [-0.25, -0.2) is 9.97 Å². The summed E-state index contributed by atoms with van der Waals surface area (Å²) in [6, 6.07) is 7.65. The molecule has 31 heavy (non-hydrogen) atoms. The Balaban J connectivity index is 1.51. The van der Waals surface area contributed by atoms with E-state index in [2.05, 4.69) is 20.0 Å². The van der Waals surface area contributed by atoms with E-state index in [-0.39, 0.29) is 18.5 Å². The van der Waals surface area contributed by atoms with Gasteiger partial charge in [0.15, 0.2) is 0 Å². The van der Waals surface area contributed by atoms with Gasteiger partial charge >= 0.3 is 10.3 Å². The molecule has 3 aromatic rings. The van der Waals surface area contributed by atoms with Gasteiger partial charge in [0.1, 0.15) is 17.8 Å². The number of hydrogen-bond acceptors (Lipinski definition) is 6. The second kappa shape index (κ2) is 8.71. The Labute approximate surface area is 185 Å². The van der Waals surface area contributed by atoms with E-state index in [1.54, 1.807) is 0 Å². The van der Waals surface area contributed by atoms with E-state index >= 15 is 0 Å². The molecule has 1 aliphatic rings. The van der Waals surface area contributed by atoms with Crippen LogP contribution in [0.25, 0.3) is 11.0 Å². The van der Waals surface area contributed by atoms with Gasteiger partial charge in [0.25, 0.3) is 0 Å². The van der Waals surface area contributed by atoms with Crippen molar-refractivity contribution in [1.82, 2.24) is 19.3 Å². The van der Waals surface area contributed by atoms with Gasteiger partial charge < -0.3 is 15.0 Å². The van der Waals surface area contributed by atoms with Crippen LogP contribution < -0.4 is 10.0 Å². The van der Waals surface area contributed by atoms with E-state index in [0.29, 0.717) is 30.2 Å². The number of anilines is 1. The van der Waals surface area contributed by atoms with E-state index in [9.17, 15) is 13.5 Å². The van der Waals surface area contributed by atoms with Crippen LogP contribution in [0.4, 0.5) is 5.82 Å². The summed E-state index contributed by atoms with van der Waals surface area (Å²) in [5, 5.41) is 15.3. The fraction of sp³-hybridized carbons (Fsp3) is 0.400. The topological polar surface area (TPSA) is 129 Å². The predicted octanol–water partition coefficient (Wildman–Crippen LogP) is 2.71. The summed E-state index contributed by atoms with van der Waals surface area (Å²) < 4.78 is 34.8. The van der Waals surface area contributed by atoms with Crippen molar-refractivity contribution in [1.29, 1.82) is 0 Å². The van der Waals surface area contributed by atoms with Gasteiger partial charge in [-0.15, -0.1) is 0 Å². The van der Waals surface area contributed by atoms with Crippen molar-refractivity contribution in [3.63, 3.8) is 0 Å². The first-order valence-corrected chi connectivity index (χ1v) is 11.7. The highest BCUT2D eigenvalue weighted by atomic mass is 35.5. The maximum atomic E-state index is 10.9. The van der Waals surface area contributed by atoms with Gasteiger partial charge in [0, 0.05) is 36.3 Å². The molecule has 0 radical (unpaired) electrons. The summed E-state index contributed by atoms with van der Waals surface area (Å²) >= 11 is 6.03. The van der Waals surface area contributed by atoms with Crippen molar-refractivity contribution in [2.75, 3.05) is 11.9 Å². The largest absolute Gasteiger partial charge is 0.393 e. The second-order valence-electron chi connectivity index (χ2n) is 7.88. The van der Waals surface area contributed by atoms with Crippen molar-refractivity contribution in [2.45, 2.75) is 38.5 Å². The molecule has 0 spiro atoms. The average Bonchev–Trinajstić information content (AvgIpc) is 3.28. The summed E-state index contributed by atoms with van der Waals surface area (Å²) in [5.74, 6) is 0.415. The third-order valence-electron chi connectivity index (χ3n) is 5.81. The average molecular weight is 466 g/mol. The number of rotatable bonds is 7. The molecule has 0 aliphatic heterocycles. The molecular formula is C20H24ClN5O4S. The molecule has 4 rings (SSSR count). The Bertz CT molecular complexity index is 1200. The van der Waals surface area contributed by atoms with Gasteiger partial charge in [0.05, 0.1) is 11.5 Å². The Morgan fingerprint density at radius 3 is 2.81 bits per heavy atom. The van der Waals surface area contributed by atoms with Crippen LogP contribution in [0.15, 0.2) is 36.8 Å². The minimum absolute atomic E-state index is 0.0159. The Hall–Kier alpha value is -2.24. The zero-order valence-electron chi connectivity index (χ0n) is 16.9. The van der Waals surface area contributed by atoms with E-state index in [1.807, 2.05) is 42.0 Å². The van der Waals surface area contributed by atoms with Gasteiger partial charge in [0.2, 0.25) is 0 Å². The number of aromatic nitrogens is 3. The summed E-state index contributed by atoms with van der Waals surface area (Å²) in [4.78, 5) is 8.81. The molecule has 2 heterocycles. The van der Waals surface area contributed by atoms with Crippen LogP contribution in [0.1, 0.15) is 30.0 Å². The number of aliphatic hydroxyl groups excluding tert-OH is 1. The Kier molecular flexibility index (Phi) is 6.18. The van der Waals surface area contributed by atoms with Crippen LogP contribution in [0.5, 0.6) is 0 Å². The van der Waals surface area contributed by atoms with E-state index in [4.69, 9.17) is 16.2 Å². The number of nitrogens with one attached hydrogen (secondary N) is 2. The highest BCUT2D eigenvalue weighted by molar-refractivity contribution is 7.83. The molecule has 0 unspecified atom stereocenters. The van der Waals surface area contributed by atoms with E-state index < -0.39 is 16.4 Å². The number of aliphatic hydroxyl groups is 1. The molecule has 3 atom stereocenters. The molecule has 0 saturated heterocycles. The smallest absolute Gasteiger partial charge is 0.333 e. The van der Waals surface area contributed by atoms with Crippen molar-refractivity contribution in [2.24, 2.45) is 5.92 Å². The van der Waals surface area contributed by atoms with Gasteiger partial charge in [-0.3, -0.25) is 4.55 Å². The second-order valence-corrected chi connectivity index (χ2v) is 9.56. The SMILES string of the molecule is Cc1cc(Cl)ccc1CNc1ncnc2c1ccn2[C@@H]1C[C@@H](CNS(=O)(=O)O)[C@@H](O)C1. The summed E-state index contributed by atoms with van der Waals surface area (Å²) in [5.41, 5.74) is 2.95. The van der Waals surface area contributed by atoms with Crippen LogP contribution in [0.2, 0.25) is 5.02 Å². The minimum atomic E-state index is -4.29. The number of benzene rings is 1. The molecule has 166 valence electrons. The number of hydrogen-bond donors (Lipinski definition) is 4. The highest BCUT2D eigenvalue weighted by Crippen LogP contribution is 2.37. The summed E-state index contributed by atoms with van der Waals surface area (Å²) in [6.45, 7) is 2.58. The summed E-state index contributed by atoms with van der Waals surface area (Å²) in [6.07, 6.45) is 3.76. The Morgan fingerprint density at radius 1 is 1.26 bits per heavy atom. The lowest BCUT2D eigenvalue weighted by Gasteiger charge is -2.14. The summed E-state index contributed by atoms with van der Waals surface area (Å²) in [7, 11) is -4.29. The maximum absolute atomic E-state index is 10.9. The van der Waals surface area contributed by atoms with Crippen LogP contribution >= 0.6 is 11.6 Å². The first-order valence-electron chi connectivity index (χ1n) is 9.92. The quantitative estimate of drug-likeness (QED) is 0.395. The zero-order valence-corrected chi connectivity index (χ0v) is 18.4. The number of fused-ring (bicyclic) bond motifs is 1. The van der Waals surface area contributed by atoms with E-state index in [0.717, 1.165) is 22.2 Å². The maximum Gasteiger partial charge on any atom is 0.333 e. The third kappa shape index (κ3) is 4.99. The molecular weight excluding hydrogens is 442 g/mol. The minimum Gasteiger partial charge on any atom is -0.393 e. The lowest BCUT2D eigenvalue weighted by atomic mass is 10.1. The lowest BCUT2D eigenvalue weighted by Crippen LogP contribution is -2.31. The first-order chi connectivity index (χ1) is 14.7. The normalized spacial score (nSPS) is 21.6. The number of nitrogens with zero attached hydrogens (tertiary/aromatic N) is 3. The van der Waals surface area contributed by atoms with Crippen molar-refractivity contribution in [3.05, 3.63) is 52.9 Å². The molecule has 9 nitrogen and oxygen atoms in total. The zero-order chi connectivity index (χ0) is 22.2. The van der Waals surface area contributed by atoms with Crippen LogP contribution in [0.3, 0.4) is 0 Å². The molecule has 4 N–H and O–H groups in total. The molecule has 2 aromatic heterocycles. The van der Waals surface area contributed by atoms with Crippen LogP contribution in [-0.2, 0) is 16.8 Å². The van der Waals surface area contributed by atoms with Gasteiger partial charge in [-0.1, -0.05) is 17.7 Å². The Morgan fingerprint density at radius 2 is 2.06 bits per heavy atom. The van der Waals surface area contributed by atoms with Crippen molar-refractivity contribution < 1.29 is 18.1 Å². The predicted molar refractivity (Wildman–Crippen MR) is 118 cm³/mol. The van der Waals surface area contributed by atoms with Crippen molar-refractivity contribution in [3.8, 4) is 0 Å². The van der Waals surface area contributed by atoms with Gasteiger partial charge in [-0.2, -0.15) is 13.1 Å². The first kappa shape index (κ1) is 22.0. The highest BCUT2D eigenvalue weighted by Gasteiger charge is 2.35. The lowest BCUT2D eigenvalue weighted by molar-refractivity contribution is 0.133. The monoisotopic (exact) mass is 465 g/mol. The molecule has 0 bridgehead atoms. The molecule has 1 aliphatic carbocycles. The standard InChI is InChI=1S/C20H24ClN5O4S/c1-12-6-15(21)3-2-13(12)9-22-19-17-4-5-26(20(17)24-11-23-19)16-7-14(18(27)8-16)10-25-31(28,29)30/h2-6,11,14,16,18,25,27H,7-10H2,1H3,(H,22,23,24)(H,28,29,30)/t14-,16+,18-/m0/s1.